The van der Waals surface area contributed by atoms with E-state index in [0.717, 1.165) is 31.1 Å². The van der Waals surface area contributed by atoms with Crippen LogP contribution in [0.25, 0.3) is 0 Å². The fourth-order valence-corrected chi connectivity index (χ4v) is 2.42. The van der Waals surface area contributed by atoms with Crippen molar-refractivity contribution in [2.75, 3.05) is 0 Å². The van der Waals surface area contributed by atoms with Gasteiger partial charge in [-0.3, -0.25) is 0 Å². The molecule has 1 unspecified atom stereocenters. The zero-order chi connectivity index (χ0) is 10.3. The fraction of sp³-hybridized carbons (Fsp3) is 0.818. The summed E-state index contributed by atoms with van der Waals surface area (Å²) in [6.07, 6.45) is 7.14. The third-order valence-corrected chi connectivity index (χ3v) is 3.58. The molecule has 1 saturated carbocycles. The Bertz CT molecular complexity index is 353. The van der Waals surface area contributed by atoms with Crippen molar-refractivity contribution in [3.63, 3.8) is 0 Å². The van der Waals surface area contributed by atoms with E-state index in [1.807, 2.05) is 0 Å². The largest absolute Gasteiger partial charge is 0.327 e. The van der Waals surface area contributed by atoms with E-state index in [9.17, 15) is 0 Å². The molecule has 0 aromatic carbocycles. The van der Waals surface area contributed by atoms with Crippen LogP contribution in [0.1, 0.15) is 37.3 Å². The van der Waals surface area contributed by atoms with E-state index < -0.39 is 0 Å². The second-order valence-corrected chi connectivity index (χ2v) is 4.85. The summed E-state index contributed by atoms with van der Waals surface area (Å²) in [5, 5.41) is 8.53. The highest BCUT2D eigenvalue weighted by molar-refractivity contribution is 5.02. The molecule has 1 fully saturated rings. The van der Waals surface area contributed by atoms with Crippen LogP contribution in [0.15, 0.2) is 0 Å². The van der Waals surface area contributed by atoms with Gasteiger partial charge < -0.3 is 10.3 Å². The molecule has 2 heterocycles. The Hall–Kier alpha value is -0.900. The summed E-state index contributed by atoms with van der Waals surface area (Å²) in [6, 6.07) is 0.306. The summed E-state index contributed by atoms with van der Waals surface area (Å²) >= 11 is 0. The van der Waals surface area contributed by atoms with Crippen LogP contribution in [-0.4, -0.2) is 20.8 Å². The lowest BCUT2D eigenvalue weighted by Crippen LogP contribution is -2.27. The van der Waals surface area contributed by atoms with Crippen molar-refractivity contribution in [3.8, 4) is 0 Å². The Morgan fingerprint density at radius 2 is 2.20 bits per heavy atom. The van der Waals surface area contributed by atoms with Gasteiger partial charge in [0, 0.05) is 25.4 Å². The maximum Gasteiger partial charge on any atom is 0.134 e. The zero-order valence-electron chi connectivity index (χ0n) is 9.02. The first-order valence-electron chi connectivity index (χ1n) is 6.01. The van der Waals surface area contributed by atoms with Crippen molar-refractivity contribution >= 4 is 0 Å². The number of rotatable bonds is 3. The highest BCUT2D eigenvalue weighted by Gasteiger charge is 2.30. The molecule has 1 aliphatic heterocycles. The molecule has 0 amide bonds. The van der Waals surface area contributed by atoms with E-state index >= 15 is 0 Å². The Balaban J connectivity index is 1.76. The fourth-order valence-electron chi connectivity index (χ4n) is 2.42. The molecule has 0 spiro atoms. The summed E-state index contributed by atoms with van der Waals surface area (Å²) in [6.45, 7) is 1.09. The first-order valence-corrected chi connectivity index (χ1v) is 6.01. The third kappa shape index (κ3) is 1.78. The molecule has 0 saturated heterocycles. The predicted molar refractivity (Wildman–Crippen MR) is 57.4 cm³/mol. The average molecular weight is 206 g/mol. The normalized spacial score (nSPS) is 22.5. The van der Waals surface area contributed by atoms with Gasteiger partial charge in [0.05, 0.1) is 0 Å². The van der Waals surface area contributed by atoms with Crippen molar-refractivity contribution in [1.82, 2.24) is 14.8 Å². The Labute approximate surface area is 89.9 Å². The minimum atomic E-state index is 0.306. The highest BCUT2D eigenvalue weighted by atomic mass is 15.3. The van der Waals surface area contributed by atoms with E-state index in [4.69, 9.17) is 5.73 Å². The van der Waals surface area contributed by atoms with Gasteiger partial charge in [-0.05, 0) is 31.6 Å². The van der Waals surface area contributed by atoms with Crippen LogP contribution in [0, 0.1) is 5.92 Å². The number of aromatic nitrogens is 3. The Kier molecular flexibility index (Phi) is 2.24. The molecule has 1 aromatic heterocycles. The van der Waals surface area contributed by atoms with Gasteiger partial charge >= 0.3 is 0 Å². The van der Waals surface area contributed by atoms with Crippen molar-refractivity contribution in [2.24, 2.45) is 11.7 Å². The molecule has 2 aliphatic rings. The molecule has 1 aromatic rings. The van der Waals surface area contributed by atoms with Gasteiger partial charge in [-0.1, -0.05) is 0 Å². The average Bonchev–Trinajstić information content (AvgIpc) is 3.03. The number of fused-ring (bicyclic) bond motifs is 1. The van der Waals surface area contributed by atoms with Gasteiger partial charge in [0.2, 0.25) is 0 Å². The smallest absolute Gasteiger partial charge is 0.134 e. The van der Waals surface area contributed by atoms with E-state index in [0.29, 0.717) is 6.04 Å². The van der Waals surface area contributed by atoms with Gasteiger partial charge in [0.25, 0.3) is 0 Å². The van der Waals surface area contributed by atoms with Crippen LogP contribution >= 0.6 is 0 Å². The van der Waals surface area contributed by atoms with E-state index in [1.165, 1.54) is 31.5 Å². The van der Waals surface area contributed by atoms with Gasteiger partial charge in [0.15, 0.2) is 0 Å². The predicted octanol–water partition coefficient (Wildman–Crippen LogP) is 0.894. The number of aryl methyl sites for hydroxylation is 1. The van der Waals surface area contributed by atoms with Gasteiger partial charge in [-0.25, -0.2) is 0 Å². The molecule has 1 aliphatic carbocycles. The summed E-state index contributed by atoms with van der Waals surface area (Å²) in [5.74, 6) is 3.03. The minimum absolute atomic E-state index is 0.306. The summed E-state index contributed by atoms with van der Waals surface area (Å²) in [7, 11) is 0. The first kappa shape index (κ1) is 9.33. The Morgan fingerprint density at radius 1 is 1.33 bits per heavy atom. The van der Waals surface area contributed by atoms with Gasteiger partial charge in [-0.2, -0.15) is 0 Å². The lowest BCUT2D eigenvalue weighted by molar-refractivity contribution is 0.488. The van der Waals surface area contributed by atoms with Crippen molar-refractivity contribution in [2.45, 2.75) is 51.1 Å². The Morgan fingerprint density at radius 3 is 3.00 bits per heavy atom. The van der Waals surface area contributed by atoms with Crippen molar-refractivity contribution in [3.05, 3.63) is 11.6 Å². The molecule has 0 bridgehead atoms. The van der Waals surface area contributed by atoms with Crippen LogP contribution in [0.4, 0.5) is 0 Å². The second-order valence-electron chi connectivity index (χ2n) is 4.85. The molecular weight excluding hydrogens is 188 g/mol. The molecule has 82 valence electrons. The molecule has 1 atom stereocenters. The van der Waals surface area contributed by atoms with E-state index in [1.54, 1.807) is 0 Å². The molecule has 0 radical (unpaired) electrons. The molecule has 4 heteroatoms. The summed E-state index contributed by atoms with van der Waals surface area (Å²) < 4.78 is 2.28. The van der Waals surface area contributed by atoms with Crippen LogP contribution in [0.5, 0.6) is 0 Å². The molecule has 15 heavy (non-hydrogen) atoms. The van der Waals surface area contributed by atoms with E-state index in [2.05, 4.69) is 14.8 Å². The maximum absolute atomic E-state index is 6.12. The highest BCUT2D eigenvalue weighted by Crippen LogP contribution is 2.32. The van der Waals surface area contributed by atoms with Crippen molar-refractivity contribution < 1.29 is 0 Å². The zero-order valence-corrected chi connectivity index (χ0v) is 9.02. The summed E-state index contributed by atoms with van der Waals surface area (Å²) in [5.41, 5.74) is 6.12. The van der Waals surface area contributed by atoms with Crippen LogP contribution in [0.2, 0.25) is 0 Å². The standard InChI is InChI=1S/C11H18N4/c12-9(8-4-5-8)7-11-14-13-10-3-1-2-6-15(10)11/h8-9H,1-7,12H2. The topological polar surface area (TPSA) is 56.7 Å². The maximum atomic E-state index is 6.12. The van der Waals surface area contributed by atoms with Gasteiger partial charge in [-0.15, -0.1) is 10.2 Å². The van der Waals surface area contributed by atoms with Crippen molar-refractivity contribution in [1.29, 1.82) is 0 Å². The molecule has 4 nitrogen and oxygen atoms in total. The first-order chi connectivity index (χ1) is 7.34. The molecule has 3 rings (SSSR count). The van der Waals surface area contributed by atoms with E-state index in [-0.39, 0.29) is 0 Å². The second kappa shape index (κ2) is 3.59. The lowest BCUT2D eigenvalue weighted by Gasteiger charge is -2.16. The number of hydrogen-bond acceptors (Lipinski definition) is 3. The number of nitrogens with two attached hydrogens (primary N) is 1. The third-order valence-electron chi connectivity index (χ3n) is 3.58. The number of hydrogen-bond donors (Lipinski definition) is 1. The van der Waals surface area contributed by atoms with Crippen LogP contribution in [0.3, 0.4) is 0 Å². The SMILES string of the molecule is NC(Cc1nnc2n1CCCC2)C1CC1. The minimum Gasteiger partial charge on any atom is -0.327 e. The van der Waals surface area contributed by atoms with Crippen LogP contribution < -0.4 is 5.73 Å². The summed E-state index contributed by atoms with van der Waals surface area (Å²) in [4.78, 5) is 0. The monoisotopic (exact) mass is 206 g/mol. The molecular formula is C11H18N4. The molecule has 2 N–H and O–H groups in total. The van der Waals surface area contributed by atoms with Crippen LogP contribution in [-0.2, 0) is 19.4 Å². The lowest BCUT2D eigenvalue weighted by atomic mass is 10.1. The van der Waals surface area contributed by atoms with Gasteiger partial charge in [0.1, 0.15) is 11.6 Å². The quantitative estimate of drug-likeness (QED) is 0.799. The number of nitrogens with zero attached hydrogens (tertiary/aromatic N) is 3.